The van der Waals surface area contributed by atoms with Gasteiger partial charge in [-0.2, -0.15) is 10.4 Å². The minimum absolute atomic E-state index is 0.0688. The van der Waals surface area contributed by atoms with Crippen LogP contribution in [0.3, 0.4) is 0 Å². The molecule has 0 aliphatic carbocycles. The van der Waals surface area contributed by atoms with Crippen LogP contribution < -0.4 is 0 Å². The van der Waals surface area contributed by atoms with Crippen molar-refractivity contribution < 1.29 is 8.78 Å². The lowest BCUT2D eigenvalue weighted by Crippen LogP contribution is -2.15. The Labute approximate surface area is 74.6 Å². The number of hydrogen-bond donors (Lipinski definition) is 0. The van der Waals surface area contributed by atoms with Gasteiger partial charge in [0.2, 0.25) is 5.92 Å². The molecule has 0 spiro atoms. The van der Waals surface area contributed by atoms with E-state index in [1.54, 1.807) is 0 Å². The van der Waals surface area contributed by atoms with Crippen molar-refractivity contribution in [1.82, 2.24) is 9.78 Å². The summed E-state index contributed by atoms with van der Waals surface area (Å²) in [5.74, 6) is -2.71. The van der Waals surface area contributed by atoms with Gasteiger partial charge in [0.15, 0.2) is 0 Å². The van der Waals surface area contributed by atoms with Gasteiger partial charge in [0.25, 0.3) is 0 Å². The van der Waals surface area contributed by atoms with Gasteiger partial charge in [0.05, 0.1) is 6.20 Å². The summed E-state index contributed by atoms with van der Waals surface area (Å²) in [4.78, 5) is 0. The Bertz CT molecular complexity index is 319. The molecular weight excluding hydrogens is 176 g/mol. The summed E-state index contributed by atoms with van der Waals surface area (Å²) >= 11 is 0. The fourth-order valence-corrected chi connectivity index (χ4v) is 0.908. The second-order valence-corrected chi connectivity index (χ2v) is 2.87. The Hall–Kier alpha value is -1.44. The lowest BCUT2D eigenvalue weighted by Gasteiger charge is -2.09. The van der Waals surface area contributed by atoms with E-state index in [2.05, 4.69) is 5.10 Å². The molecule has 0 fully saturated rings. The standard InChI is InChI=1S/C8H9F2N3/c1-8(9,10)3-5-13-7(6-11)2-4-12-13/h2,4H,3,5H2,1H3. The van der Waals surface area contributed by atoms with Crippen molar-refractivity contribution in [3.05, 3.63) is 18.0 Å². The summed E-state index contributed by atoms with van der Waals surface area (Å²) in [6.45, 7) is 0.919. The third kappa shape index (κ3) is 2.82. The van der Waals surface area contributed by atoms with Crippen molar-refractivity contribution in [3.8, 4) is 6.07 Å². The molecule has 0 amide bonds. The molecule has 0 atom stereocenters. The summed E-state index contributed by atoms with van der Waals surface area (Å²) in [7, 11) is 0. The molecule has 0 aliphatic rings. The molecule has 0 saturated heterocycles. The van der Waals surface area contributed by atoms with Gasteiger partial charge in [0, 0.05) is 13.0 Å². The van der Waals surface area contributed by atoms with Crippen LogP contribution in [0.4, 0.5) is 8.78 Å². The van der Waals surface area contributed by atoms with Gasteiger partial charge >= 0.3 is 0 Å². The van der Waals surface area contributed by atoms with Crippen molar-refractivity contribution in [2.75, 3.05) is 0 Å². The van der Waals surface area contributed by atoms with Gasteiger partial charge in [0.1, 0.15) is 11.8 Å². The summed E-state index contributed by atoms with van der Waals surface area (Å²) in [6.07, 6.45) is 1.12. The molecule has 1 aromatic rings. The second kappa shape index (κ2) is 3.52. The quantitative estimate of drug-likeness (QED) is 0.720. The lowest BCUT2D eigenvalue weighted by molar-refractivity contribution is 0.00773. The van der Waals surface area contributed by atoms with Crippen molar-refractivity contribution in [2.24, 2.45) is 0 Å². The van der Waals surface area contributed by atoms with Crippen molar-refractivity contribution in [3.63, 3.8) is 0 Å². The van der Waals surface area contributed by atoms with Gasteiger partial charge < -0.3 is 0 Å². The average molecular weight is 185 g/mol. The number of nitrogens with zero attached hydrogens (tertiary/aromatic N) is 3. The average Bonchev–Trinajstić information content (AvgIpc) is 2.46. The molecule has 1 rings (SSSR count). The van der Waals surface area contributed by atoms with Crippen molar-refractivity contribution in [1.29, 1.82) is 5.26 Å². The van der Waals surface area contributed by atoms with E-state index in [0.717, 1.165) is 6.92 Å². The van der Waals surface area contributed by atoms with Crippen LogP contribution in [0.5, 0.6) is 0 Å². The van der Waals surface area contributed by atoms with Gasteiger partial charge in [-0.05, 0) is 13.0 Å². The highest BCUT2D eigenvalue weighted by Gasteiger charge is 2.21. The van der Waals surface area contributed by atoms with Gasteiger partial charge in [-0.25, -0.2) is 8.78 Å². The van der Waals surface area contributed by atoms with Gasteiger partial charge in [-0.1, -0.05) is 0 Å². The molecule has 1 aromatic heterocycles. The monoisotopic (exact) mass is 185 g/mol. The Morgan fingerprint density at radius 1 is 1.69 bits per heavy atom. The molecule has 70 valence electrons. The molecule has 0 bridgehead atoms. The Kier molecular flexibility index (Phi) is 2.61. The minimum atomic E-state index is -2.71. The summed E-state index contributed by atoms with van der Waals surface area (Å²) in [5, 5.41) is 12.3. The molecule has 1 heterocycles. The fraction of sp³-hybridized carbons (Fsp3) is 0.500. The molecule has 0 unspecified atom stereocenters. The number of rotatable bonds is 3. The van der Waals surface area contributed by atoms with E-state index in [1.807, 2.05) is 6.07 Å². The van der Waals surface area contributed by atoms with Gasteiger partial charge in [-0.15, -0.1) is 0 Å². The maximum Gasteiger partial charge on any atom is 0.247 e. The molecule has 0 radical (unpaired) electrons. The van der Waals surface area contributed by atoms with Crippen LogP contribution in [0, 0.1) is 11.3 Å². The Morgan fingerprint density at radius 3 is 2.92 bits per heavy atom. The highest BCUT2D eigenvalue weighted by atomic mass is 19.3. The highest BCUT2D eigenvalue weighted by molar-refractivity contribution is 5.18. The fourth-order valence-electron chi connectivity index (χ4n) is 0.908. The lowest BCUT2D eigenvalue weighted by atomic mass is 10.3. The molecule has 0 N–H and O–H groups in total. The van der Waals surface area contributed by atoms with Crippen LogP contribution in [0.1, 0.15) is 19.0 Å². The third-order valence-corrected chi connectivity index (χ3v) is 1.59. The molecule has 0 aliphatic heterocycles. The van der Waals surface area contributed by atoms with Crippen molar-refractivity contribution >= 4 is 0 Å². The van der Waals surface area contributed by atoms with E-state index in [0.29, 0.717) is 5.69 Å². The number of alkyl halides is 2. The molecule has 5 heteroatoms. The zero-order valence-electron chi connectivity index (χ0n) is 7.17. The number of halogens is 2. The largest absolute Gasteiger partial charge is 0.255 e. The third-order valence-electron chi connectivity index (χ3n) is 1.59. The van der Waals surface area contributed by atoms with E-state index in [-0.39, 0.29) is 13.0 Å². The number of hydrogen-bond acceptors (Lipinski definition) is 2. The first-order valence-electron chi connectivity index (χ1n) is 3.83. The Balaban J connectivity index is 2.61. The number of aromatic nitrogens is 2. The molecule has 0 aromatic carbocycles. The van der Waals surface area contributed by atoms with E-state index >= 15 is 0 Å². The minimum Gasteiger partial charge on any atom is -0.255 e. The van der Waals surface area contributed by atoms with Gasteiger partial charge in [-0.3, -0.25) is 4.68 Å². The number of aryl methyl sites for hydroxylation is 1. The topological polar surface area (TPSA) is 41.6 Å². The van der Waals surface area contributed by atoms with Crippen LogP contribution in [-0.4, -0.2) is 15.7 Å². The molecule has 0 saturated carbocycles. The molecule has 3 nitrogen and oxygen atoms in total. The predicted molar refractivity (Wildman–Crippen MR) is 42.2 cm³/mol. The van der Waals surface area contributed by atoms with Crippen molar-refractivity contribution in [2.45, 2.75) is 25.8 Å². The zero-order valence-corrected chi connectivity index (χ0v) is 7.17. The van der Waals surface area contributed by atoms with E-state index in [4.69, 9.17) is 5.26 Å². The SMILES string of the molecule is CC(F)(F)CCn1nccc1C#N. The first-order chi connectivity index (χ1) is 6.03. The normalized spacial score (nSPS) is 11.2. The van der Waals surface area contributed by atoms with E-state index in [9.17, 15) is 8.78 Å². The van der Waals surface area contributed by atoms with Crippen LogP contribution in [0.15, 0.2) is 12.3 Å². The molecular formula is C8H9F2N3. The summed E-state index contributed by atoms with van der Waals surface area (Å²) in [6, 6.07) is 3.36. The number of nitriles is 1. The molecule has 13 heavy (non-hydrogen) atoms. The van der Waals surface area contributed by atoms with Crippen LogP contribution in [0.2, 0.25) is 0 Å². The maximum atomic E-state index is 12.4. The first-order valence-corrected chi connectivity index (χ1v) is 3.83. The first kappa shape index (κ1) is 9.65. The zero-order chi connectivity index (χ0) is 9.90. The second-order valence-electron chi connectivity index (χ2n) is 2.87. The van der Waals surface area contributed by atoms with Crippen LogP contribution >= 0.6 is 0 Å². The maximum absolute atomic E-state index is 12.4. The van der Waals surface area contributed by atoms with E-state index in [1.165, 1.54) is 16.9 Å². The predicted octanol–water partition coefficient (Wildman–Crippen LogP) is 1.80. The van der Waals surface area contributed by atoms with Crippen LogP contribution in [0.25, 0.3) is 0 Å². The smallest absolute Gasteiger partial charge is 0.247 e. The summed E-state index contributed by atoms with van der Waals surface area (Å²) < 4.78 is 26.1. The Morgan fingerprint density at radius 2 is 2.38 bits per heavy atom. The van der Waals surface area contributed by atoms with Crippen LogP contribution in [-0.2, 0) is 6.54 Å². The summed E-state index contributed by atoms with van der Waals surface area (Å²) in [5.41, 5.74) is 0.309. The van der Waals surface area contributed by atoms with E-state index < -0.39 is 5.92 Å². The highest BCUT2D eigenvalue weighted by Crippen LogP contribution is 2.17.